The van der Waals surface area contributed by atoms with E-state index in [9.17, 15) is 18.0 Å². The quantitative estimate of drug-likeness (QED) is 0.561. The number of benzene rings is 2. The van der Waals surface area contributed by atoms with Crippen molar-refractivity contribution in [2.24, 2.45) is 5.14 Å². The third kappa shape index (κ3) is 6.47. The summed E-state index contributed by atoms with van der Waals surface area (Å²) < 4.78 is 33.4. The second-order valence-electron chi connectivity index (χ2n) is 5.83. The summed E-state index contributed by atoms with van der Waals surface area (Å²) in [7, 11) is -3.80. The van der Waals surface area contributed by atoms with Crippen LogP contribution in [0.5, 0.6) is 11.5 Å². The largest absolute Gasteiger partial charge is 0.490 e. The monoisotopic (exact) mass is 421 g/mol. The Balaban J connectivity index is 1.96. The molecule has 0 spiro atoms. The smallest absolute Gasteiger partial charge is 0.251 e. The lowest BCUT2D eigenvalue weighted by Gasteiger charge is -2.12. The van der Waals surface area contributed by atoms with Crippen LogP contribution in [0, 0.1) is 0 Å². The molecule has 0 saturated carbocycles. The van der Waals surface area contributed by atoms with E-state index >= 15 is 0 Å². The number of nitrogens with one attached hydrogen (secondary N) is 2. The third-order valence-electron chi connectivity index (χ3n) is 3.68. The highest BCUT2D eigenvalue weighted by atomic mass is 32.2. The average molecular weight is 421 g/mol. The first-order valence-corrected chi connectivity index (χ1v) is 10.4. The predicted octanol–water partition coefficient (Wildman–Crippen LogP) is 1.50. The van der Waals surface area contributed by atoms with Gasteiger partial charge in [-0.05, 0) is 56.3 Å². The zero-order valence-corrected chi connectivity index (χ0v) is 16.9. The van der Waals surface area contributed by atoms with E-state index in [1.807, 2.05) is 13.8 Å². The number of amides is 2. The molecule has 0 aliphatic heterocycles. The van der Waals surface area contributed by atoms with Crippen molar-refractivity contribution >= 4 is 27.5 Å². The Morgan fingerprint density at radius 2 is 1.59 bits per heavy atom. The van der Waals surface area contributed by atoms with Crippen LogP contribution in [-0.2, 0) is 14.8 Å². The zero-order chi connectivity index (χ0) is 21.4. The van der Waals surface area contributed by atoms with Crippen LogP contribution in [0.25, 0.3) is 0 Å². The maximum absolute atomic E-state index is 12.3. The molecule has 0 aliphatic rings. The maximum Gasteiger partial charge on any atom is 0.251 e. The summed E-state index contributed by atoms with van der Waals surface area (Å²) in [5.41, 5.74) is 0.693. The highest BCUT2D eigenvalue weighted by Gasteiger charge is 2.13. The fourth-order valence-corrected chi connectivity index (χ4v) is 2.90. The van der Waals surface area contributed by atoms with Gasteiger partial charge in [0.1, 0.15) is 0 Å². The molecule has 0 saturated heterocycles. The Morgan fingerprint density at radius 3 is 2.17 bits per heavy atom. The van der Waals surface area contributed by atoms with Gasteiger partial charge in [0.2, 0.25) is 15.9 Å². The molecule has 0 fully saturated rings. The Labute approximate surface area is 169 Å². The Bertz CT molecular complexity index is 974. The van der Waals surface area contributed by atoms with Crippen molar-refractivity contribution in [3.8, 4) is 11.5 Å². The third-order valence-corrected chi connectivity index (χ3v) is 4.61. The van der Waals surface area contributed by atoms with Gasteiger partial charge in [-0.2, -0.15) is 0 Å². The molecule has 9 nitrogen and oxygen atoms in total. The summed E-state index contributed by atoms with van der Waals surface area (Å²) in [6.07, 6.45) is 0. The average Bonchev–Trinajstić information content (AvgIpc) is 2.67. The van der Waals surface area contributed by atoms with E-state index in [1.54, 1.807) is 18.2 Å². The molecule has 0 aliphatic carbocycles. The summed E-state index contributed by atoms with van der Waals surface area (Å²) in [4.78, 5) is 24.3. The van der Waals surface area contributed by atoms with E-state index in [0.29, 0.717) is 36.0 Å². The summed E-state index contributed by atoms with van der Waals surface area (Å²) in [5, 5.41) is 10.1. The molecule has 29 heavy (non-hydrogen) atoms. The maximum atomic E-state index is 12.3. The molecule has 0 radical (unpaired) electrons. The van der Waals surface area contributed by atoms with Crippen molar-refractivity contribution in [2.45, 2.75) is 18.7 Å². The van der Waals surface area contributed by atoms with Gasteiger partial charge in [-0.25, -0.2) is 13.6 Å². The van der Waals surface area contributed by atoms with Gasteiger partial charge >= 0.3 is 0 Å². The van der Waals surface area contributed by atoms with Crippen molar-refractivity contribution in [3.63, 3.8) is 0 Å². The van der Waals surface area contributed by atoms with Gasteiger partial charge in [-0.15, -0.1) is 0 Å². The van der Waals surface area contributed by atoms with Crippen LogP contribution in [0.4, 0.5) is 5.69 Å². The molecule has 0 unspecified atom stereocenters. The van der Waals surface area contributed by atoms with Gasteiger partial charge < -0.3 is 20.1 Å². The van der Waals surface area contributed by atoms with Crippen molar-refractivity contribution in [1.29, 1.82) is 0 Å². The first kappa shape index (κ1) is 22.2. The van der Waals surface area contributed by atoms with Crippen LogP contribution >= 0.6 is 0 Å². The van der Waals surface area contributed by atoms with E-state index in [0.717, 1.165) is 0 Å². The van der Waals surface area contributed by atoms with Gasteiger partial charge in [0.15, 0.2) is 11.5 Å². The zero-order valence-electron chi connectivity index (χ0n) is 16.1. The minimum Gasteiger partial charge on any atom is -0.490 e. The van der Waals surface area contributed by atoms with Gasteiger partial charge in [-0.3, -0.25) is 9.59 Å². The lowest BCUT2D eigenvalue weighted by Crippen LogP contribution is -2.32. The van der Waals surface area contributed by atoms with E-state index in [4.69, 9.17) is 14.6 Å². The van der Waals surface area contributed by atoms with Gasteiger partial charge in [0.25, 0.3) is 5.91 Å². The number of rotatable bonds is 9. The molecule has 2 aromatic carbocycles. The summed E-state index contributed by atoms with van der Waals surface area (Å²) in [6, 6.07) is 10.1. The topological polar surface area (TPSA) is 137 Å². The molecule has 0 aromatic heterocycles. The number of sulfonamides is 1. The van der Waals surface area contributed by atoms with Crippen LogP contribution in [0.3, 0.4) is 0 Å². The van der Waals surface area contributed by atoms with Crippen LogP contribution in [0.2, 0.25) is 0 Å². The molecular formula is C19H23N3O6S. The molecule has 2 aromatic rings. The second-order valence-corrected chi connectivity index (χ2v) is 7.39. The van der Waals surface area contributed by atoms with Crippen molar-refractivity contribution in [2.75, 3.05) is 25.1 Å². The highest BCUT2D eigenvalue weighted by molar-refractivity contribution is 7.89. The number of primary sulfonamides is 1. The second kappa shape index (κ2) is 9.89. The molecule has 4 N–H and O–H groups in total. The van der Waals surface area contributed by atoms with Crippen LogP contribution in [0.1, 0.15) is 24.2 Å². The van der Waals surface area contributed by atoms with Crippen molar-refractivity contribution < 1.29 is 27.5 Å². The van der Waals surface area contributed by atoms with E-state index in [1.165, 1.54) is 24.3 Å². The molecule has 0 atom stereocenters. The number of hydrogen-bond acceptors (Lipinski definition) is 6. The van der Waals surface area contributed by atoms with E-state index in [2.05, 4.69) is 10.6 Å². The number of carbonyl (C=O) groups is 2. The summed E-state index contributed by atoms with van der Waals surface area (Å²) in [6.45, 7) is 4.27. The van der Waals surface area contributed by atoms with Gasteiger partial charge in [-0.1, -0.05) is 0 Å². The molecule has 2 rings (SSSR count). The lowest BCUT2D eigenvalue weighted by molar-refractivity contribution is -0.115. The minimum atomic E-state index is -3.80. The lowest BCUT2D eigenvalue weighted by atomic mass is 10.2. The number of hydrogen-bond donors (Lipinski definition) is 3. The fraction of sp³-hybridized carbons (Fsp3) is 0.263. The minimum absolute atomic E-state index is 0.0654. The fourth-order valence-electron chi connectivity index (χ4n) is 2.39. The van der Waals surface area contributed by atoms with Gasteiger partial charge in [0, 0.05) is 11.3 Å². The predicted molar refractivity (Wildman–Crippen MR) is 108 cm³/mol. The van der Waals surface area contributed by atoms with Crippen LogP contribution < -0.4 is 25.2 Å². The van der Waals surface area contributed by atoms with E-state index < -0.39 is 21.8 Å². The van der Waals surface area contributed by atoms with E-state index in [-0.39, 0.29) is 11.4 Å². The molecule has 0 heterocycles. The van der Waals surface area contributed by atoms with Crippen LogP contribution in [0.15, 0.2) is 47.4 Å². The van der Waals surface area contributed by atoms with Crippen molar-refractivity contribution in [3.05, 3.63) is 48.0 Å². The van der Waals surface area contributed by atoms with Crippen LogP contribution in [-0.4, -0.2) is 40.0 Å². The standard InChI is InChI=1S/C19H23N3O6S/c1-3-27-16-10-5-13(11-17(16)28-4-2)19(24)21-12-18(23)22-14-6-8-15(9-7-14)29(20,25)26/h5-11H,3-4,12H2,1-2H3,(H,21,24)(H,22,23)(H2,20,25,26). The van der Waals surface area contributed by atoms with Crippen molar-refractivity contribution in [1.82, 2.24) is 5.32 Å². The number of anilines is 1. The Kier molecular flexibility index (Phi) is 7.57. The SMILES string of the molecule is CCOc1ccc(C(=O)NCC(=O)Nc2ccc(S(N)(=O)=O)cc2)cc1OCC. The van der Waals surface area contributed by atoms with Gasteiger partial charge in [0.05, 0.1) is 24.7 Å². The normalized spacial score (nSPS) is 10.9. The summed E-state index contributed by atoms with van der Waals surface area (Å²) >= 11 is 0. The molecule has 156 valence electrons. The molecule has 2 amide bonds. The molecule has 0 bridgehead atoms. The highest BCUT2D eigenvalue weighted by Crippen LogP contribution is 2.28. The number of ether oxygens (including phenoxy) is 2. The summed E-state index contributed by atoms with van der Waals surface area (Å²) in [5.74, 6) is 0.0550. The Morgan fingerprint density at radius 1 is 0.966 bits per heavy atom. The first-order valence-electron chi connectivity index (χ1n) is 8.85. The Hall–Kier alpha value is -3.11. The number of nitrogens with two attached hydrogens (primary N) is 1. The molecular weight excluding hydrogens is 398 g/mol. The first-order chi connectivity index (χ1) is 13.7. The number of carbonyl (C=O) groups excluding carboxylic acids is 2. The molecule has 10 heteroatoms.